The molecule has 21 heavy (non-hydrogen) atoms. The van der Waals surface area contributed by atoms with Crippen LogP contribution in [-0.4, -0.2) is 21.0 Å². The number of aromatic amines is 2. The second-order valence-electron chi connectivity index (χ2n) is 5.00. The van der Waals surface area contributed by atoms with Crippen molar-refractivity contribution in [3.8, 4) is 11.1 Å². The van der Waals surface area contributed by atoms with Gasteiger partial charge in [-0.1, -0.05) is 24.3 Å². The maximum absolute atomic E-state index is 11.2. The highest BCUT2D eigenvalue weighted by molar-refractivity contribution is 6.06. The maximum Gasteiger partial charge on any atom is 0.352 e. The highest BCUT2D eigenvalue weighted by Gasteiger charge is 2.12. The van der Waals surface area contributed by atoms with Gasteiger partial charge in [0.2, 0.25) is 0 Å². The van der Waals surface area contributed by atoms with Crippen LogP contribution in [0.4, 0.5) is 0 Å². The molecule has 0 fully saturated rings. The maximum atomic E-state index is 11.2. The zero-order chi connectivity index (χ0) is 14.4. The SMILES string of the molecule is O=C(O)c1cc2c(-c3cccc4[nH]ccc34)cccc2[nH]1. The van der Waals surface area contributed by atoms with Crippen LogP contribution in [0.2, 0.25) is 0 Å². The van der Waals surface area contributed by atoms with Gasteiger partial charge in [0.15, 0.2) is 0 Å². The molecule has 0 radical (unpaired) electrons. The van der Waals surface area contributed by atoms with Gasteiger partial charge in [0.25, 0.3) is 0 Å². The predicted octanol–water partition coefficient (Wildman–Crippen LogP) is 4.01. The van der Waals surface area contributed by atoms with E-state index in [1.54, 1.807) is 6.07 Å². The van der Waals surface area contributed by atoms with Crippen LogP contribution in [0.15, 0.2) is 54.7 Å². The standard InChI is InChI=1S/C17H12N2O2/c20-17(21)16-9-13-11(4-2-6-15(13)19-16)10-3-1-5-14-12(10)7-8-18-14/h1-9,18-19H,(H,20,21). The van der Waals surface area contributed by atoms with Gasteiger partial charge in [0.1, 0.15) is 5.69 Å². The van der Waals surface area contributed by atoms with Crippen LogP contribution in [0.25, 0.3) is 32.9 Å². The summed E-state index contributed by atoms with van der Waals surface area (Å²) in [5.74, 6) is -0.947. The second kappa shape index (κ2) is 4.24. The van der Waals surface area contributed by atoms with Crippen molar-refractivity contribution < 1.29 is 9.90 Å². The van der Waals surface area contributed by atoms with E-state index < -0.39 is 5.97 Å². The topological polar surface area (TPSA) is 68.9 Å². The fraction of sp³-hybridized carbons (Fsp3) is 0. The van der Waals surface area contributed by atoms with Crippen LogP contribution < -0.4 is 0 Å². The Labute approximate surface area is 120 Å². The van der Waals surface area contributed by atoms with Crippen molar-refractivity contribution in [2.75, 3.05) is 0 Å². The van der Waals surface area contributed by atoms with Gasteiger partial charge in [-0.2, -0.15) is 0 Å². The van der Waals surface area contributed by atoms with E-state index >= 15 is 0 Å². The van der Waals surface area contributed by atoms with Crippen LogP contribution in [-0.2, 0) is 0 Å². The van der Waals surface area contributed by atoms with Gasteiger partial charge in [-0.3, -0.25) is 0 Å². The molecule has 4 nitrogen and oxygen atoms in total. The molecule has 0 aliphatic heterocycles. The quantitative estimate of drug-likeness (QED) is 0.517. The molecule has 2 aromatic carbocycles. The predicted molar refractivity (Wildman–Crippen MR) is 82.6 cm³/mol. The zero-order valence-electron chi connectivity index (χ0n) is 11.1. The van der Waals surface area contributed by atoms with Crippen LogP contribution in [0.3, 0.4) is 0 Å². The number of rotatable bonds is 2. The monoisotopic (exact) mass is 276 g/mol. The molecule has 3 N–H and O–H groups in total. The number of nitrogens with one attached hydrogen (secondary N) is 2. The van der Waals surface area contributed by atoms with Crippen molar-refractivity contribution in [2.24, 2.45) is 0 Å². The lowest BCUT2D eigenvalue weighted by Crippen LogP contribution is -1.94. The van der Waals surface area contributed by atoms with Crippen molar-refractivity contribution >= 4 is 27.8 Å². The molecule has 2 aromatic heterocycles. The summed E-state index contributed by atoms with van der Waals surface area (Å²) in [6, 6.07) is 15.7. The first-order valence-electron chi connectivity index (χ1n) is 6.65. The Morgan fingerprint density at radius 2 is 1.62 bits per heavy atom. The van der Waals surface area contributed by atoms with Gasteiger partial charge >= 0.3 is 5.97 Å². The highest BCUT2D eigenvalue weighted by atomic mass is 16.4. The first-order chi connectivity index (χ1) is 10.2. The van der Waals surface area contributed by atoms with E-state index in [4.69, 9.17) is 5.11 Å². The average molecular weight is 276 g/mol. The lowest BCUT2D eigenvalue weighted by Gasteiger charge is -2.05. The third-order valence-electron chi connectivity index (χ3n) is 3.78. The van der Waals surface area contributed by atoms with Crippen LogP contribution in [0.5, 0.6) is 0 Å². The summed E-state index contributed by atoms with van der Waals surface area (Å²) in [6.07, 6.45) is 1.91. The smallest absolute Gasteiger partial charge is 0.352 e. The zero-order valence-corrected chi connectivity index (χ0v) is 11.1. The summed E-state index contributed by atoms with van der Waals surface area (Å²) in [5.41, 5.74) is 4.23. The molecule has 4 rings (SSSR count). The highest BCUT2D eigenvalue weighted by Crippen LogP contribution is 2.33. The fourth-order valence-electron chi connectivity index (χ4n) is 2.83. The Bertz CT molecular complexity index is 979. The number of hydrogen-bond acceptors (Lipinski definition) is 1. The Morgan fingerprint density at radius 1 is 0.905 bits per heavy atom. The van der Waals surface area contributed by atoms with Crippen LogP contribution >= 0.6 is 0 Å². The molecule has 0 unspecified atom stereocenters. The van der Waals surface area contributed by atoms with Crippen molar-refractivity contribution in [2.45, 2.75) is 0 Å². The number of fused-ring (bicyclic) bond motifs is 2. The Hall–Kier alpha value is -3.01. The Balaban J connectivity index is 2.06. The lowest BCUT2D eigenvalue weighted by atomic mass is 9.98. The number of aromatic carboxylic acids is 1. The number of benzene rings is 2. The van der Waals surface area contributed by atoms with Gasteiger partial charge in [0.05, 0.1) is 0 Å². The first-order valence-corrected chi connectivity index (χ1v) is 6.65. The Kier molecular flexibility index (Phi) is 2.38. The minimum atomic E-state index is -0.947. The normalized spacial score (nSPS) is 11.2. The number of carboxylic acids is 1. The number of H-pyrrole nitrogens is 2. The van der Waals surface area contributed by atoms with Crippen LogP contribution in [0, 0.1) is 0 Å². The molecule has 0 aliphatic carbocycles. The van der Waals surface area contributed by atoms with E-state index in [0.717, 1.165) is 32.9 Å². The van der Waals surface area contributed by atoms with Crippen molar-refractivity contribution in [3.05, 3.63) is 60.4 Å². The summed E-state index contributed by atoms with van der Waals surface area (Å²) in [7, 11) is 0. The first kappa shape index (κ1) is 11.8. The van der Waals surface area contributed by atoms with Gasteiger partial charge in [-0.25, -0.2) is 4.79 Å². The molecule has 0 spiro atoms. The molecule has 4 heteroatoms. The fourth-order valence-corrected chi connectivity index (χ4v) is 2.83. The van der Waals surface area contributed by atoms with Crippen molar-refractivity contribution in [1.82, 2.24) is 9.97 Å². The minimum absolute atomic E-state index is 0.207. The summed E-state index contributed by atoms with van der Waals surface area (Å²) in [5, 5.41) is 11.2. The molecule has 0 amide bonds. The number of carboxylic acid groups (broad SMARTS) is 1. The molecule has 0 saturated carbocycles. The van der Waals surface area contributed by atoms with Crippen molar-refractivity contribution in [1.29, 1.82) is 0 Å². The van der Waals surface area contributed by atoms with Crippen molar-refractivity contribution in [3.63, 3.8) is 0 Å². The molecule has 2 heterocycles. The summed E-state index contributed by atoms with van der Waals surface area (Å²) in [6.45, 7) is 0. The van der Waals surface area contributed by atoms with Gasteiger partial charge in [-0.05, 0) is 35.4 Å². The number of carbonyl (C=O) groups is 1. The van der Waals surface area contributed by atoms with E-state index in [1.165, 1.54) is 0 Å². The average Bonchev–Trinajstić information content (AvgIpc) is 3.12. The van der Waals surface area contributed by atoms with E-state index in [2.05, 4.69) is 16.0 Å². The number of aromatic nitrogens is 2. The summed E-state index contributed by atoms with van der Waals surface area (Å²) in [4.78, 5) is 17.3. The Morgan fingerprint density at radius 3 is 2.38 bits per heavy atom. The van der Waals surface area contributed by atoms with Crippen LogP contribution in [0.1, 0.15) is 10.5 Å². The molecular weight excluding hydrogens is 264 g/mol. The third-order valence-corrected chi connectivity index (χ3v) is 3.78. The van der Waals surface area contributed by atoms with Gasteiger partial charge < -0.3 is 15.1 Å². The third kappa shape index (κ3) is 1.73. The molecule has 4 aromatic rings. The lowest BCUT2D eigenvalue weighted by molar-refractivity contribution is 0.0691. The molecule has 0 atom stereocenters. The van der Waals surface area contributed by atoms with Gasteiger partial charge in [-0.15, -0.1) is 0 Å². The van der Waals surface area contributed by atoms with E-state index in [0.29, 0.717) is 0 Å². The number of hydrogen-bond donors (Lipinski definition) is 3. The van der Waals surface area contributed by atoms with E-state index in [1.807, 2.05) is 42.6 Å². The second-order valence-corrected chi connectivity index (χ2v) is 5.00. The molecule has 0 bridgehead atoms. The summed E-state index contributed by atoms with van der Waals surface area (Å²) >= 11 is 0. The molecular formula is C17H12N2O2. The summed E-state index contributed by atoms with van der Waals surface area (Å²) < 4.78 is 0. The largest absolute Gasteiger partial charge is 0.477 e. The molecule has 0 saturated heterocycles. The molecule has 102 valence electrons. The minimum Gasteiger partial charge on any atom is -0.477 e. The van der Waals surface area contributed by atoms with E-state index in [-0.39, 0.29) is 5.69 Å². The van der Waals surface area contributed by atoms with E-state index in [9.17, 15) is 4.79 Å². The van der Waals surface area contributed by atoms with Gasteiger partial charge in [0, 0.05) is 28.0 Å². The molecule has 0 aliphatic rings.